The molecule has 0 unspecified atom stereocenters. The minimum absolute atomic E-state index is 0.237. The predicted octanol–water partition coefficient (Wildman–Crippen LogP) is 3.65. The van der Waals surface area contributed by atoms with Gasteiger partial charge in [-0.3, -0.25) is 19.3 Å². The van der Waals surface area contributed by atoms with Crippen molar-refractivity contribution in [3.05, 3.63) is 99.8 Å². The van der Waals surface area contributed by atoms with Gasteiger partial charge in [0.25, 0.3) is 0 Å². The number of hydrogen-bond acceptors (Lipinski definition) is 5. The Morgan fingerprint density at radius 1 is 1.00 bits per heavy atom. The number of nitrogens with one attached hydrogen (secondary N) is 2. The Labute approximate surface area is 225 Å². The highest BCUT2D eigenvalue weighted by Gasteiger charge is 2.73. The quantitative estimate of drug-likeness (QED) is 0.459. The average Bonchev–Trinajstić information content (AvgIpc) is 3.69. The van der Waals surface area contributed by atoms with Crippen molar-refractivity contribution in [3.63, 3.8) is 0 Å². The van der Waals surface area contributed by atoms with Gasteiger partial charge in [-0.05, 0) is 42.5 Å². The van der Waals surface area contributed by atoms with Gasteiger partial charge in [0.05, 0.1) is 24.5 Å². The Bertz CT molecular complexity index is 1420. The van der Waals surface area contributed by atoms with Crippen LogP contribution >= 0.6 is 11.3 Å². The van der Waals surface area contributed by atoms with E-state index in [2.05, 4.69) is 10.6 Å². The molecule has 2 aromatic carbocycles. The lowest BCUT2D eigenvalue weighted by molar-refractivity contribution is -0.132. The van der Waals surface area contributed by atoms with E-state index in [1.165, 1.54) is 0 Å². The molecule has 5 atom stereocenters. The molecule has 0 aliphatic carbocycles. The molecule has 3 aliphatic rings. The van der Waals surface area contributed by atoms with E-state index in [4.69, 9.17) is 4.74 Å². The fourth-order valence-electron chi connectivity index (χ4n) is 6.09. The van der Waals surface area contributed by atoms with E-state index in [0.717, 1.165) is 21.6 Å². The third kappa shape index (κ3) is 3.95. The topological polar surface area (TPSA) is 87.7 Å². The van der Waals surface area contributed by atoms with Crippen LogP contribution in [-0.2, 0) is 32.2 Å². The highest BCUT2D eigenvalue weighted by atomic mass is 32.1. The van der Waals surface area contributed by atoms with Crippen molar-refractivity contribution in [1.82, 2.24) is 10.6 Å². The Morgan fingerprint density at radius 2 is 1.79 bits per heavy atom. The molecule has 3 aliphatic heterocycles. The SMILES string of the molecule is Cc1ccc(N2C(=O)[C@@H]3[C@@H](C(=O)NCc4cccs4)[C@H]4C=C[C@@]3(O4)[C@H]2C(=O)NCc2ccccc2)c(C)c1. The van der Waals surface area contributed by atoms with Crippen LogP contribution in [0.1, 0.15) is 21.6 Å². The monoisotopic (exact) mass is 527 g/mol. The van der Waals surface area contributed by atoms with Crippen molar-refractivity contribution in [1.29, 1.82) is 0 Å². The molecule has 8 heteroatoms. The van der Waals surface area contributed by atoms with Crippen molar-refractivity contribution in [2.45, 2.75) is 44.7 Å². The second kappa shape index (κ2) is 9.53. The summed E-state index contributed by atoms with van der Waals surface area (Å²) in [7, 11) is 0. The van der Waals surface area contributed by atoms with Gasteiger partial charge in [0.2, 0.25) is 17.7 Å². The van der Waals surface area contributed by atoms with Gasteiger partial charge in [-0.2, -0.15) is 0 Å². The van der Waals surface area contributed by atoms with Crippen molar-refractivity contribution >= 4 is 34.7 Å². The van der Waals surface area contributed by atoms with E-state index in [1.807, 2.05) is 92.0 Å². The van der Waals surface area contributed by atoms with Gasteiger partial charge in [-0.15, -0.1) is 11.3 Å². The third-order valence-electron chi connectivity index (χ3n) is 7.76. The number of carbonyl (C=O) groups excluding carboxylic acids is 3. The Morgan fingerprint density at radius 3 is 2.53 bits per heavy atom. The number of benzene rings is 2. The van der Waals surface area contributed by atoms with Crippen molar-refractivity contribution < 1.29 is 19.1 Å². The molecule has 7 nitrogen and oxygen atoms in total. The van der Waals surface area contributed by atoms with Gasteiger partial charge in [0.1, 0.15) is 11.6 Å². The summed E-state index contributed by atoms with van der Waals surface area (Å²) >= 11 is 1.56. The summed E-state index contributed by atoms with van der Waals surface area (Å²) in [6.07, 6.45) is 3.11. The lowest BCUT2D eigenvalue weighted by Gasteiger charge is -2.32. The average molecular weight is 528 g/mol. The molecule has 194 valence electrons. The number of nitrogens with zero attached hydrogens (tertiary/aromatic N) is 1. The molecule has 2 bridgehead atoms. The maximum Gasteiger partial charge on any atom is 0.246 e. The number of rotatable bonds is 7. The molecule has 4 heterocycles. The van der Waals surface area contributed by atoms with Crippen LogP contribution in [0.25, 0.3) is 0 Å². The van der Waals surface area contributed by atoms with E-state index in [-0.39, 0.29) is 17.7 Å². The van der Waals surface area contributed by atoms with Gasteiger partial charge in [0, 0.05) is 17.1 Å². The number of anilines is 1. The molecule has 38 heavy (non-hydrogen) atoms. The van der Waals surface area contributed by atoms with Crippen LogP contribution in [0, 0.1) is 25.7 Å². The van der Waals surface area contributed by atoms with Crippen molar-refractivity contribution in [3.8, 4) is 0 Å². The van der Waals surface area contributed by atoms with Gasteiger partial charge in [-0.25, -0.2) is 0 Å². The van der Waals surface area contributed by atoms with Crippen LogP contribution in [0.2, 0.25) is 0 Å². The zero-order valence-electron chi connectivity index (χ0n) is 21.2. The Hall–Kier alpha value is -3.75. The summed E-state index contributed by atoms with van der Waals surface area (Å²) in [5, 5.41) is 7.98. The standard InChI is InChI=1S/C30H29N3O4S/c1-18-10-11-22(19(2)15-18)33-26(28(35)31-16-20-7-4-3-5-8-20)30-13-12-23(37-30)24(25(30)29(33)36)27(34)32-17-21-9-6-14-38-21/h3-15,23-26H,16-17H2,1-2H3,(H,31,35)(H,32,34)/t23-,24+,25+,26-,30+/m1/s1. The number of fused-ring (bicyclic) bond motifs is 1. The van der Waals surface area contributed by atoms with E-state index < -0.39 is 29.6 Å². The second-order valence-corrected chi connectivity index (χ2v) is 11.2. The molecule has 1 spiro atoms. The molecule has 2 fully saturated rings. The molecule has 0 radical (unpaired) electrons. The van der Waals surface area contributed by atoms with Crippen LogP contribution < -0.4 is 15.5 Å². The predicted molar refractivity (Wildman–Crippen MR) is 145 cm³/mol. The maximum absolute atomic E-state index is 14.2. The van der Waals surface area contributed by atoms with Crippen LogP contribution in [0.5, 0.6) is 0 Å². The second-order valence-electron chi connectivity index (χ2n) is 10.2. The smallest absolute Gasteiger partial charge is 0.246 e. The summed E-state index contributed by atoms with van der Waals surface area (Å²) in [5.74, 6) is -2.32. The van der Waals surface area contributed by atoms with E-state index in [0.29, 0.717) is 18.8 Å². The zero-order valence-corrected chi connectivity index (χ0v) is 22.0. The normalized spacial score (nSPS) is 27.0. The highest BCUT2D eigenvalue weighted by Crippen LogP contribution is 2.56. The van der Waals surface area contributed by atoms with Crippen molar-refractivity contribution in [2.24, 2.45) is 11.8 Å². The molecule has 1 aromatic heterocycles. The number of amides is 3. The van der Waals surface area contributed by atoms with Gasteiger partial charge in [0.15, 0.2) is 0 Å². The Kier molecular flexibility index (Phi) is 6.16. The first kappa shape index (κ1) is 24.6. The number of carbonyl (C=O) groups is 3. The third-order valence-corrected chi connectivity index (χ3v) is 8.64. The zero-order chi connectivity index (χ0) is 26.4. The summed E-state index contributed by atoms with van der Waals surface area (Å²) < 4.78 is 6.43. The van der Waals surface area contributed by atoms with E-state index in [1.54, 1.807) is 16.2 Å². The summed E-state index contributed by atoms with van der Waals surface area (Å²) in [6.45, 7) is 4.63. The fraction of sp³-hybridized carbons (Fsp3) is 0.300. The lowest BCUT2D eigenvalue weighted by atomic mass is 9.74. The summed E-state index contributed by atoms with van der Waals surface area (Å²) in [6, 6.07) is 18.4. The number of aryl methyl sites for hydroxylation is 2. The molecule has 0 saturated carbocycles. The van der Waals surface area contributed by atoms with Gasteiger partial charge >= 0.3 is 0 Å². The molecule has 3 aromatic rings. The van der Waals surface area contributed by atoms with E-state index >= 15 is 0 Å². The molecular weight excluding hydrogens is 498 g/mol. The van der Waals surface area contributed by atoms with Crippen LogP contribution in [0.4, 0.5) is 5.69 Å². The number of ether oxygens (including phenoxy) is 1. The molecule has 6 rings (SSSR count). The van der Waals surface area contributed by atoms with Crippen LogP contribution in [-0.4, -0.2) is 35.5 Å². The lowest BCUT2D eigenvalue weighted by Crippen LogP contribution is -2.54. The number of thiophene rings is 1. The Balaban J connectivity index is 1.35. The first-order chi connectivity index (χ1) is 18.4. The highest BCUT2D eigenvalue weighted by molar-refractivity contribution is 7.09. The number of hydrogen-bond donors (Lipinski definition) is 2. The summed E-state index contributed by atoms with van der Waals surface area (Å²) in [4.78, 5) is 44.1. The van der Waals surface area contributed by atoms with Crippen molar-refractivity contribution in [2.75, 3.05) is 4.90 Å². The van der Waals surface area contributed by atoms with Gasteiger partial charge in [-0.1, -0.05) is 66.2 Å². The maximum atomic E-state index is 14.2. The summed E-state index contributed by atoms with van der Waals surface area (Å²) in [5.41, 5.74) is 2.33. The molecule has 3 amide bonds. The van der Waals surface area contributed by atoms with Crippen LogP contribution in [0.15, 0.2) is 78.2 Å². The molecular formula is C30H29N3O4S. The minimum atomic E-state index is -1.22. The largest absolute Gasteiger partial charge is 0.359 e. The minimum Gasteiger partial charge on any atom is -0.359 e. The van der Waals surface area contributed by atoms with E-state index in [9.17, 15) is 14.4 Å². The first-order valence-electron chi connectivity index (χ1n) is 12.8. The fourth-order valence-corrected chi connectivity index (χ4v) is 6.74. The first-order valence-corrected chi connectivity index (χ1v) is 13.7. The van der Waals surface area contributed by atoms with Gasteiger partial charge < -0.3 is 15.4 Å². The molecule has 2 saturated heterocycles. The molecule has 2 N–H and O–H groups in total. The van der Waals surface area contributed by atoms with Crippen LogP contribution in [0.3, 0.4) is 0 Å².